The SMILES string of the molecule is C#CCCCC(=O)C(C)C(C)C. The van der Waals surface area contributed by atoms with Gasteiger partial charge in [0.15, 0.2) is 0 Å². The molecular weight excluding hydrogens is 148 g/mol. The standard InChI is InChI=1S/C11H18O/c1-5-6-7-8-11(12)10(4)9(2)3/h1,9-10H,6-8H2,2-4H3. The van der Waals surface area contributed by atoms with Gasteiger partial charge in [0.25, 0.3) is 0 Å². The number of Topliss-reactive ketones (excluding diaryl/α,β-unsaturated/α-hetero) is 1. The Balaban J connectivity index is 3.66. The second-order valence-corrected chi connectivity index (χ2v) is 3.56. The number of hydrogen-bond donors (Lipinski definition) is 0. The van der Waals surface area contributed by atoms with Crippen molar-refractivity contribution in [2.45, 2.75) is 40.0 Å². The molecule has 0 aliphatic heterocycles. The molecule has 1 atom stereocenters. The number of terminal acetylenes is 1. The van der Waals surface area contributed by atoms with Crippen molar-refractivity contribution < 1.29 is 4.79 Å². The van der Waals surface area contributed by atoms with Crippen LogP contribution in [-0.2, 0) is 4.79 Å². The van der Waals surface area contributed by atoms with E-state index in [1.54, 1.807) is 0 Å². The van der Waals surface area contributed by atoms with Crippen molar-refractivity contribution >= 4 is 5.78 Å². The first kappa shape index (κ1) is 11.2. The van der Waals surface area contributed by atoms with Crippen molar-refractivity contribution in [3.63, 3.8) is 0 Å². The fourth-order valence-electron chi connectivity index (χ4n) is 0.964. The summed E-state index contributed by atoms with van der Waals surface area (Å²) in [5, 5.41) is 0. The molecule has 0 bridgehead atoms. The topological polar surface area (TPSA) is 17.1 Å². The van der Waals surface area contributed by atoms with Gasteiger partial charge in [-0.3, -0.25) is 4.79 Å². The quantitative estimate of drug-likeness (QED) is 0.453. The van der Waals surface area contributed by atoms with Crippen molar-refractivity contribution in [2.75, 3.05) is 0 Å². The van der Waals surface area contributed by atoms with Gasteiger partial charge in [-0.05, 0) is 12.3 Å². The van der Waals surface area contributed by atoms with Crippen LogP contribution < -0.4 is 0 Å². The maximum atomic E-state index is 11.4. The molecule has 0 aliphatic carbocycles. The van der Waals surface area contributed by atoms with Gasteiger partial charge >= 0.3 is 0 Å². The molecule has 0 aromatic heterocycles. The number of unbranched alkanes of at least 4 members (excludes halogenated alkanes) is 1. The lowest BCUT2D eigenvalue weighted by molar-refractivity contribution is -0.123. The molecule has 68 valence electrons. The number of hydrogen-bond acceptors (Lipinski definition) is 1. The molecule has 1 heteroatoms. The Morgan fingerprint density at radius 2 is 2.00 bits per heavy atom. The van der Waals surface area contributed by atoms with Crippen LogP contribution in [0.5, 0.6) is 0 Å². The molecule has 0 heterocycles. The summed E-state index contributed by atoms with van der Waals surface area (Å²) in [7, 11) is 0. The zero-order valence-corrected chi connectivity index (χ0v) is 8.26. The summed E-state index contributed by atoms with van der Waals surface area (Å²) >= 11 is 0. The zero-order valence-electron chi connectivity index (χ0n) is 8.26. The molecule has 1 unspecified atom stereocenters. The van der Waals surface area contributed by atoms with Gasteiger partial charge in [0.2, 0.25) is 0 Å². The average Bonchev–Trinajstić information content (AvgIpc) is 2.03. The molecule has 0 fully saturated rings. The summed E-state index contributed by atoms with van der Waals surface area (Å²) in [5.74, 6) is 3.52. The summed E-state index contributed by atoms with van der Waals surface area (Å²) in [6.45, 7) is 6.14. The van der Waals surface area contributed by atoms with Crippen LogP contribution in [0.2, 0.25) is 0 Å². The van der Waals surface area contributed by atoms with Gasteiger partial charge in [-0.25, -0.2) is 0 Å². The largest absolute Gasteiger partial charge is 0.299 e. The van der Waals surface area contributed by atoms with Gasteiger partial charge in [-0.2, -0.15) is 0 Å². The third-order valence-corrected chi connectivity index (χ3v) is 2.25. The van der Waals surface area contributed by atoms with E-state index in [1.165, 1.54) is 0 Å². The van der Waals surface area contributed by atoms with Crippen LogP contribution in [0.4, 0.5) is 0 Å². The fourth-order valence-corrected chi connectivity index (χ4v) is 0.964. The predicted molar refractivity (Wildman–Crippen MR) is 51.7 cm³/mol. The molecule has 0 radical (unpaired) electrons. The highest BCUT2D eigenvalue weighted by molar-refractivity contribution is 5.80. The van der Waals surface area contributed by atoms with Crippen LogP contribution in [-0.4, -0.2) is 5.78 Å². The number of rotatable bonds is 5. The van der Waals surface area contributed by atoms with E-state index in [0.29, 0.717) is 18.1 Å². The Bertz CT molecular complexity index is 174. The van der Waals surface area contributed by atoms with E-state index in [1.807, 2.05) is 6.92 Å². The van der Waals surface area contributed by atoms with Gasteiger partial charge in [0, 0.05) is 18.8 Å². The predicted octanol–water partition coefficient (Wildman–Crippen LogP) is 2.65. The van der Waals surface area contributed by atoms with E-state index in [4.69, 9.17) is 6.42 Å². The van der Waals surface area contributed by atoms with Gasteiger partial charge in [0.1, 0.15) is 5.78 Å². The summed E-state index contributed by atoms with van der Waals surface area (Å²) in [4.78, 5) is 11.4. The minimum Gasteiger partial charge on any atom is -0.299 e. The van der Waals surface area contributed by atoms with Gasteiger partial charge in [0.05, 0.1) is 0 Å². The highest BCUT2D eigenvalue weighted by Gasteiger charge is 2.15. The van der Waals surface area contributed by atoms with Crippen LogP contribution in [0.15, 0.2) is 0 Å². The average molecular weight is 166 g/mol. The molecule has 1 nitrogen and oxygen atoms in total. The first-order valence-electron chi connectivity index (χ1n) is 4.55. The lowest BCUT2D eigenvalue weighted by atomic mass is 9.91. The van der Waals surface area contributed by atoms with Gasteiger partial charge < -0.3 is 0 Å². The molecule has 0 aliphatic rings. The molecular formula is C11H18O. The number of ketones is 1. The Hall–Kier alpha value is -0.770. The summed E-state index contributed by atoms with van der Waals surface area (Å²) < 4.78 is 0. The maximum Gasteiger partial charge on any atom is 0.135 e. The third-order valence-electron chi connectivity index (χ3n) is 2.25. The first-order chi connectivity index (χ1) is 5.59. The lowest BCUT2D eigenvalue weighted by Crippen LogP contribution is -2.16. The van der Waals surface area contributed by atoms with Crippen LogP contribution in [0, 0.1) is 24.2 Å². The highest BCUT2D eigenvalue weighted by atomic mass is 16.1. The Labute approximate surface area is 75.5 Å². The highest BCUT2D eigenvalue weighted by Crippen LogP contribution is 2.13. The molecule has 0 aromatic rings. The first-order valence-corrected chi connectivity index (χ1v) is 4.55. The Morgan fingerprint density at radius 1 is 1.42 bits per heavy atom. The zero-order chi connectivity index (χ0) is 9.56. The van der Waals surface area contributed by atoms with Crippen molar-refractivity contribution in [3.05, 3.63) is 0 Å². The van der Waals surface area contributed by atoms with Gasteiger partial charge in [-0.1, -0.05) is 20.8 Å². The molecule has 0 amide bonds. The molecule has 0 rings (SSSR count). The maximum absolute atomic E-state index is 11.4. The fraction of sp³-hybridized carbons (Fsp3) is 0.727. The van der Waals surface area contributed by atoms with Crippen LogP contribution >= 0.6 is 0 Å². The van der Waals surface area contributed by atoms with E-state index in [9.17, 15) is 4.79 Å². The molecule has 0 saturated heterocycles. The van der Waals surface area contributed by atoms with E-state index < -0.39 is 0 Å². The van der Waals surface area contributed by atoms with E-state index in [-0.39, 0.29) is 5.92 Å². The summed E-state index contributed by atoms with van der Waals surface area (Å²) in [6.07, 6.45) is 7.29. The summed E-state index contributed by atoms with van der Waals surface area (Å²) in [5.41, 5.74) is 0. The Kier molecular flexibility index (Phi) is 5.45. The van der Waals surface area contributed by atoms with Crippen LogP contribution in [0.1, 0.15) is 40.0 Å². The van der Waals surface area contributed by atoms with E-state index >= 15 is 0 Å². The monoisotopic (exact) mass is 166 g/mol. The van der Waals surface area contributed by atoms with Crippen LogP contribution in [0.3, 0.4) is 0 Å². The molecule has 0 aromatic carbocycles. The van der Waals surface area contributed by atoms with Crippen molar-refractivity contribution in [3.8, 4) is 12.3 Å². The van der Waals surface area contributed by atoms with E-state index in [2.05, 4.69) is 19.8 Å². The third kappa shape index (κ3) is 4.18. The van der Waals surface area contributed by atoms with Crippen LogP contribution in [0.25, 0.3) is 0 Å². The normalized spacial score (nSPS) is 12.6. The molecule has 0 N–H and O–H groups in total. The minimum atomic E-state index is 0.183. The number of carbonyl (C=O) groups is 1. The molecule has 12 heavy (non-hydrogen) atoms. The number of carbonyl (C=O) groups excluding carboxylic acids is 1. The van der Waals surface area contributed by atoms with E-state index in [0.717, 1.165) is 12.8 Å². The Morgan fingerprint density at radius 3 is 2.42 bits per heavy atom. The van der Waals surface area contributed by atoms with Gasteiger partial charge in [-0.15, -0.1) is 12.3 Å². The minimum absolute atomic E-state index is 0.183. The summed E-state index contributed by atoms with van der Waals surface area (Å²) in [6, 6.07) is 0. The molecule has 0 spiro atoms. The molecule has 0 saturated carbocycles. The van der Waals surface area contributed by atoms with Crippen molar-refractivity contribution in [2.24, 2.45) is 11.8 Å². The second kappa shape index (κ2) is 5.83. The smallest absolute Gasteiger partial charge is 0.135 e. The van der Waals surface area contributed by atoms with Crippen molar-refractivity contribution in [1.82, 2.24) is 0 Å². The van der Waals surface area contributed by atoms with Crippen molar-refractivity contribution in [1.29, 1.82) is 0 Å². The second-order valence-electron chi connectivity index (χ2n) is 3.56. The lowest BCUT2D eigenvalue weighted by Gasteiger charge is -2.13.